The Kier molecular flexibility index (Phi) is 4.09. The first-order valence-corrected chi connectivity index (χ1v) is 9.62. The molecule has 1 heterocycles. The fourth-order valence-corrected chi connectivity index (χ4v) is 4.82. The van der Waals surface area contributed by atoms with Crippen molar-refractivity contribution in [1.82, 2.24) is 14.9 Å². The first-order chi connectivity index (χ1) is 14.0. The van der Waals surface area contributed by atoms with Crippen molar-refractivity contribution in [1.29, 1.82) is 0 Å². The predicted molar refractivity (Wildman–Crippen MR) is 103 cm³/mol. The summed E-state index contributed by atoms with van der Waals surface area (Å²) >= 11 is 0. The van der Waals surface area contributed by atoms with E-state index in [1.165, 1.54) is 6.07 Å². The third-order valence-corrected chi connectivity index (χ3v) is 6.34. The minimum Gasteiger partial charge on any atom is -0.352 e. The molecule has 0 radical (unpaired) electrons. The van der Waals surface area contributed by atoms with Gasteiger partial charge in [-0.2, -0.15) is 0 Å². The van der Waals surface area contributed by atoms with Gasteiger partial charge in [-0.05, 0) is 36.7 Å². The van der Waals surface area contributed by atoms with Crippen molar-refractivity contribution in [2.24, 2.45) is 17.8 Å². The highest BCUT2D eigenvalue weighted by atomic mass is 19.2. The van der Waals surface area contributed by atoms with E-state index in [0.29, 0.717) is 46.6 Å². The molecule has 4 atom stereocenters. The molecule has 3 aromatic rings. The second kappa shape index (κ2) is 6.66. The Morgan fingerprint density at radius 3 is 2.72 bits per heavy atom. The van der Waals surface area contributed by atoms with Crippen molar-refractivity contribution in [3.8, 4) is 0 Å². The third-order valence-electron chi connectivity index (χ3n) is 6.34. The number of hydrogen-bond donors (Lipinski definition) is 1. The molecule has 1 amide bonds. The van der Waals surface area contributed by atoms with Gasteiger partial charge in [0.1, 0.15) is 0 Å². The SMILES string of the molecule is [C-]#[N+]c1cccc(C(=O)NCC2[C@H]3CC(n4cnc5cc(F)c(F)cc54)C[C@@H]23)c1. The zero-order valence-electron chi connectivity index (χ0n) is 15.5. The Balaban J connectivity index is 1.20. The van der Waals surface area contributed by atoms with E-state index >= 15 is 0 Å². The number of fused-ring (bicyclic) bond motifs is 2. The summed E-state index contributed by atoms with van der Waals surface area (Å²) in [5, 5.41) is 2.98. The van der Waals surface area contributed by atoms with Crippen LogP contribution in [-0.2, 0) is 0 Å². The van der Waals surface area contributed by atoms with Gasteiger partial charge < -0.3 is 9.88 Å². The van der Waals surface area contributed by atoms with Crippen LogP contribution in [0, 0.1) is 36.0 Å². The highest BCUT2D eigenvalue weighted by Gasteiger charge is 2.56. The highest BCUT2D eigenvalue weighted by molar-refractivity contribution is 5.95. The van der Waals surface area contributed by atoms with Crippen molar-refractivity contribution in [2.75, 3.05) is 6.54 Å². The van der Waals surface area contributed by atoms with Gasteiger partial charge in [-0.15, -0.1) is 0 Å². The molecular formula is C22H18F2N4O. The first kappa shape index (κ1) is 17.8. The summed E-state index contributed by atoms with van der Waals surface area (Å²) in [6, 6.07) is 9.27. The summed E-state index contributed by atoms with van der Waals surface area (Å²) < 4.78 is 29.0. The molecule has 0 bridgehead atoms. The van der Waals surface area contributed by atoms with Crippen LogP contribution >= 0.6 is 0 Å². The van der Waals surface area contributed by atoms with Crippen molar-refractivity contribution in [3.05, 3.63) is 71.3 Å². The normalized spacial score (nSPS) is 24.9. The predicted octanol–water partition coefficient (Wildman–Crippen LogP) is 4.49. The molecule has 2 aromatic carbocycles. The molecule has 2 fully saturated rings. The second-order valence-electron chi connectivity index (χ2n) is 7.90. The Hall–Kier alpha value is -3.27. The lowest BCUT2D eigenvalue weighted by Gasteiger charge is -2.17. The molecule has 7 heteroatoms. The number of carbonyl (C=O) groups is 1. The van der Waals surface area contributed by atoms with Crippen LogP contribution in [0.25, 0.3) is 15.9 Å². The maximum Gasteiger partial charge on any atom is 0.250 e. The molecule has 0 aliphatic heterocycles. The number of nitrogens with zero attached hydrogens (tertiary/aromatic N) is 3. The smallest absolute Gasteiger partial charge is 0.250 e. The quantitative estimate of drug-likeness (QED) is 0.665. The molecule has 2 saturated carbocycles. The Morgan fingerprint density at radius 2 is 1.97 bits per heavy atom. The van der Waals surface area contributed by atoms with Gasteiger partial charge in [-0.25, -0.2) is 18.6 Å². The second-order valence-corrected chi connectivity index (χ2v) is 7.90. The van der Waals surface area contributed by atoms with Crippen molar-refractivity contribution in [3.63, 3.8) is 0 Å². The average Bonchev–Trinajstić information content (AvgIpc) is 3.06. The summed E-state index contributed by atoms with van der Waals surface area (Å²) in [6.07, 6.45) is 3.56. The van der Waals surface area contributed by atoms with E-state index in [-0.39, 0.29) is 11.9 Å². The van der Waals surface area contributed by atoms with E-state index in [4.69, 9.17) is 6.57 Å². The lowest BCUT2D eigenvalue weighted by Crippen LogP contribution is -2.27. The molecule has 0 saturated heterocycles. The van der Waals surface area contributed by atoms with E-state index in [2.05, 4.69) is 15.1 Å². The van der Waals surface area contributed by atoms with Gasteiger partial charge in [0.25, 0.3) is 0 Å². The van der Waals surface area contributed by atoms with Crippen LogP contribution in [0.15, 0.2) is 42.7 Å². The molecule has 0 spiro atoms. The molecule has 146 valence electrons. The Bertz CT molecular complexity index is 1150. The van der Waals surface area contributed by atoms with Crippen molar-refractivity contribution < 1.29 is 13.6 Å². The van der Waals surface area contributed by atoms with Crippen LogP contribution in [0.5, 0.6) is 0 Å². The lowest BCUT2D eigenvalue weighted by atomic mass is 10.1. The molecule has 1 aromatic heterocycles. The van der Waals surface area contributed by atoms with Crippen LogP contribution in [0.1, 0.15) is 29.2 Å². The van der Waals surface area contributed by atoms with Crippen LogP contribution in [0.3, 0.4) is 0 Å². The van der Waals surface area contributed by atoms with E-state index in [1.807, 2.05) is 4.57 Å². The summed E-state index contributed by atoms with van der Waals surface area (Å²) in [4.78, 5) is 19.9. The lowest BCUT2D eigenvalue weighted by molar-refractivity contribution is 0.0950. The van der Waals surface area contributed by atoms with Gasteiger partial charge in [0.2, 0.25) is 5.91 Å². The number of rotatable bonds is 4. The largest absolute Gasteiger partial charge is 0.352 e. The molecule has 2 aliphatic rings. The molecule has 5 rings (SSSR count). The van der Waals surface area contributed by atoms with Crippen molar-refractivity contribution >= 4 is 22.6 Å². The number of imidazole rings is 1. The van der Waals surface area contributed by atoms with Gasteiger partial charge in [0.15, 0.2) is 17.3 Å². The molecule has 2 unspecified atom stereocenters. The Morgan fingerprint density at radius 1 is 1.21 bits per heavy atom. The van der Waals surface area contributed by atoms with E-state index < -0.39 is 11.6 Å². The van der Waals surface area contributed by atoms with Crippen LogP contribution in [0.2, 0.25) is 0 Å². The third kappa shape index (κ3) is 3.05. The first-order valence-electron chi connectivity index (χ1n) is 9.62. The number of halogens is 2. The fourth-order valence-electron chi connectivity index (χ4n) is 4.82. The highest BCUT2D eigenvalue weighted by Crippen LogP contribution is 2.60. The average molecular weight is 392 g/mol. The van der Waals surface area contributed by atoms with Gasteiger partial charge in [-0.3, -0.25) is 4.79 Å². The number of nitrogens with one attached hydrogen (secondary N) is 1. The number of benzene rings is 2. The van der Waals surface area contributed by atoms with E-state index in [1.54, 1.807) is 30.6 Å². The minimum atomic E-state index is -0.880. The molecule has 2 aliphatic carbocycles. The van der Waals surface area contributed by atoms with Crippen molar-refractivity contribution in [2.45, 2.75) is 18.9 Å². The number of carbonyl (C=O) groups excluding carboxylic acids is 1. The monoisotopic (exact) mass is 392 g/mol. The maximum absolute atomic E-state index is 13.6. The summed E-state index contributed by atoms with van der Waals surface area (Å²) in [6.45, 7) is 7.66. The molecule has 29 heavy (non-hydrogen) atoms. The zero-order valence-corrected chi connectivity index (χ0v) is 15.5. The van der Waals surface area contributed by atoms with Gasteiger partial charge in [0.05, 0.1) is 23.9 Å². The van der Waals surface area contributed by atoms with Crippen LogP contribution in [-0.4, -0.2) is 22.0 Å². The molecule has 5 nitrogen and oxygen atoms in total. The Labute approximate surface area is 166 Å². The van der Waals surface area contributed by atoms with Gasteiger partial charge in [-0.1, -0.05) is 18.2 Å². The number of amides is 1. The topological polar surface area (TPSA) is 51.3 Å². The summed E-state index contributed by atoms with van der Waals surface area (Å²) in [5.74, 6) is -0.395. The van der Waals surface area contributed by atoms with Crippen LogP contribution in [0.4, 0.5) is 14.5 Å². The zero-order chi connectivity index (χ0) is 20.1. The number of aromatic nitrogens is 2. The van der Waals surface area contributed by atoms with Crippen LogP contribution < -0.4 is 5.32 Å². The van der Waals surface area contributed by atoms with E-state index in [0.717, 1.165) is 18.9 Å². The summed E-state index contributed by atoms with van der Waals surface area (Å²) in [7, 11) is 0. The summed E-state index contributed by atoms with van der Waals surface area (Å²) in [5.41, 5.74) is 2.05. The molecule has 1 N–H and O–H groups in total. The standard InChI is InChI=1S/C22H18F2N4O/c1-25-13-4-2-3-12(5-13)22(29)26-10-17-15-6-14(7-16(15)17)28-11-27-20-8-18(23)19(24)9-21(20)28/h2-5,8-9,11,14-17H,6-7,10H2,(H,26,29)/t14?,15-,16+,17?. The van der Waals surface area contributed by atoms with Gasteiger partial charge in [0, 0.05) is 30.3 Å². The maximum atomic E-state index is 13.6. The molecular weight excluding hydrogens is 374 g/mol. The van der Waals surface area contributed by atoms with Gasteiger partial charge >= 0.3 is 0 Å². The minimum absolute atomic E-state index is 0.157. The number of hydrogen-bond acceptors (Lipinski definition) is 2. The van der Waals surface area contributed by atoms with E-state index in [9.17, 15) is 13.6 Å². The fraction of sp³-hybridized carbons (Fsp3) is 0.318.